The minimum atomic E-state index is -0.517. The Kier molecular flexibility index (Phi) is 8.62. The maximum Gasteiger partial charge on any atom is 0.122 e. The lowest BCUT2D eigenvalue weighted by Crippen LogP contribution is -2.38. The topological polar surface area (TPSA) is 53.5 Å². The third-order valence-corrected chi connectivity index (χ3v) is 4.56. The molecule has 0 bridgehead atoms. The Labute approximate surface area is 157 Å². The van der Waals surface area contributed by atoms with Crippen molar-refractivity contribution >= 4 is 0 Å². The van der Waals surface area contributed by atoms with Crippen molar-refractivity contribution < 1.29 is 9.84 Å². The van der Waals surface area contributed by atoms with Crippen molar-refractivity contribution in [3.63, 3.8) is 0 Å². The summed E-state index contributed by atoms with van der Waals surface area (Å²) in [5.41, 5.74) is 3.75. The van der Waals surface area contributed by atoms with Gasteiger partial charge in [0.2, 0.25) is 0 Å². The lowest BCUT2D eigenvalue weighted by molar-refractivity contribution is 0.103. The molecular formula is C22H32N2O2. The molecule has 0 saturated heterocycles. The van der Waals surface area contributed by atoms with Gasteiger partial charge in [-0.2, -0.15) is 0 Å². The first kappa shape index (κ1) is 20.4. The van der Waals surface area contributed by atoms with Crippen molar-refractivity contribution in [1.29, 1.82) is 0 Å². The lowest BCUT2D eigenvalue weighted by Gasteiger charge is -2.18. The van der Waals surface area contributed by atoms with E-state index in [1.807, 2.05) is 31.2 Å². The smallest absolute Gasteiger partial charge is 0.122 e. The van der Waals surface area contributed by atoms with Crippen molar-refractivity contribution in [3.8, 4) is 5.75 Å². The summed E-state index contributed by atoms with van der Waals surface area (Å²) in [4.78, 5) is 0. The first-order valence-electron chi connectivity index (χ1n) is 9.41. The molecule has 0 aliphatic carbocycles. The summed E-state index contributed by atoms with van der Waals surface area (Å²) >= 11 is 0. The van der Waals surface area contributed by atoms with Crippen LogP contribution in [0.1, 0.15) is 30.0 Å². The van der Waals surface area contributed by atoms with Crippen molar-refractivity contribution in [3.05, 3.63) is 65.2 Å². The fourth-order valence-corrected chi connectivity index (χ4v) is 2.75. The van der Waals surface area contributed by atoms with Gasteiger partial charge in [0, 0.05) is 19.1 Å². The number of aryl methyl sites for hydroxylation is 2. The van der Waals surface area contributed by atoms with E-state index < -0.39 is 6.10 Å². The predicted molar refractivity (Wildman–Crippen MR) is 108 cm³/mol. The predicted octanol–water partition coefficient (Wildman–Crippen LogP) is 3.20. The molecule has 2 unspecified atom stereocenters. The van der Waals surface area contributed by atoms with Gasteiger partial charge in [-0.25, -0.2) is 0 Å². The van der Waals surface area contributed by atoms with Crippen LogP contribution in [0.5, 0.6) is 5.75 Å². The monoisotopic (exact) mass is 356 g/mol. The van der Waals surface area contributed by atoms with E-state index >= 15 is 0 Å². The third-order valence-electron chi connectivity index (χ3n) is 4.56. The van der Waals surface area contributed by atoms with Crippen molar-refractivity contribution in [2.75, 3.05) is 19.7 Å². The Hall–Kier alpha value is -1.88. The average Bonchev–Trinajstić information content (AvgIpc) is 2.64. The van der Waals surface area contributed by atoms with Crippen LogP contribution in [-0.4, -0.2) is 36.9 Å². The Morgan fingerprint density at radius 3 is 2.42 bits per heavy atom. The highest BCUT2D eigenvalue weighted by atomic mass is 16.5. The summed E-state index contributed by atoms with van der Waals surface area (Å²) in [7, 11) is 0. The number of para-hydroxylation sites is 1. The van der Waals surface area contributed by atoms with Gasteiger partial charge in [0.05, 0.1) is 0 Å². The summed E-state index contributed by atoms with van der Waals surface area (Å²) < 4.78 is 5.69. The Bertz CT molecular complexity index is 660. The minimum absolute atomic E-state index is 0.302. The van der Waals surface area contributed by atoms with Gasteiger partial charge in [-0.1, -0.05) is 42.5 Å². The number of aliphatic hydroxyl groups excluding tert-OH is 1. The number of benzene rings is 2. The number of aliphatic hydroxyl groups is 1. The summed E-state index contributed by atoms with van der Waals surface area (Å²) in [5, 5.41) is 17.0. The number of ether oxygens (including phenoxy) is 1. The van der Waals surface area contributed by atoms with E-state index in [9.17, 15) is 5.11 Å². The van der Waals surface area contributed by atoms with Gasteiger partial charge in [-0.3, -0.25) is 0 Å². The van der Waals surface area contributed by atoms with Gasteiger partial charge in [0.1, 0.15) is 18.5 Å². The lowest BCUT2D eigenvalue weighted by atomic mass is 10.1. The molecule has 2 aromatic carbocycles. The molecule has 0 fully saturated rings. The van der Waals surface area contributed by atoms with Crippen LogP contribution in [0, 0.1) is 13.8 Å². The van der Waals surface area contributed by atoms with Gasteiger partial charge < -0.3 is 20.5 Å². The Morgan fingerprint density at radius 1 is 1.00 bits per heavy atom. The van der Waals surface area contributed by atoms with Crippen LogP contribution < -0.4 is 15.4 Å². The van der Waals surface area contributed by atoms with Crippen LogP contribution in [0.3, 0.4) is 0 Å². The van der Waals surface area contributed by atoms with Crippen LogP contribution in [0.4, 0.5) is 0 Å². The minimum Gasteiger partial charge on any atom is -0.491 e. The fourth-order valence-electron chi connectivity index (χ4n) is 2.75. The maximum atomic E-state index is 10.1. The summed E-state index contributed by atoms with van der Waals surface area (Å²) in [6.45, 7) is 8.96. The molecule has 0 radical (unpaired) electrons. The molecule has 0 spiro atoms. The van der Waals surface area contributed by atoms with E-state index in [1.54, 1.807) is 0 Å². The van der Waals surface area contributed by atoms with Crippen LogP contribution in [0.2, 0.25) is 0 Å². The van der Waals surface area contributed by atoms with Gasteiger partial charge in [0.15, 0.2) is 0 Å². The summed E-state index contributed by atoms with van der Waals surface area (Å²) in [6.07, 6.45) is 0.494. The van der Waals surface area contributed by atoms with Crippen LogP contribution >= 0.6 is 0 Å². The highest BCUT2D eigenvalue weighted by molar-refractivity contribution is 5.31. The molecule has 0 aliphatic heterocycles. The summed E-state index contributed by atoms with van der Waals surface area (Å²) in [6, 6.07) is 16.6. The van der Waals surface area contributed by atoms with Crippen molar-refractivity contribution in [2.24, 2.45) is 0 Å². The molecule has 2 atom stereocenters. The normalized spacial score (nSPS) is 13.4. The molecule has 0 saturated carbocycles. The highest BCUT2D eigenvalue weighted by Gasteiger charge is 2.09. The molecule has 0 aliphatic rings. The number of rotatable bonds is 11. The van der Waals surface area contributed by atoms with E-state index in [0.29, 0.717) is 19.2 Å². The second-order valence-electron chi connectivity index (χ2n) is 6.93. The average molecular weight is 357 g/mol. The fraction of sp³-hybridized carbons (Fsp3) is 0.455. The number of hydrogen-bond acceptors (Lipinski definition) is 4. The van der Waals surface area contributed by atoms with Gasteiger partial charge >= 0.3 is 0 Å². The van der Waals surface area contributed by atoms with E-state index in [4.69, 9.17) is 4.74 Å². The standard InChI is InChI=1S/C22H32N2O2/c1-17-8-4-6-10-20(17)14-23-13-12-19(3)24-15-21(25)16-26-22-11-7-5-9-18(22)2/h4-11,19,21,23-25H,12-16H2,1-3H3. The Balaban J connectivity index is 1.57. The van der Waals surface area contributed by atoms with E-state index in [2.05, 4.69) is 48.7 Å². The van der Waals surface area contributed by atoms with Crippen molar-refractivity contribution in [1.82, 2.24) is 10.6 Å². The molecule has 0 amide bonds. The first-order chi connectivity index (χ1) is 12.6. The highest BCUT2D eigenvalue weighted by Crippen LogP contribution is 2.16. The molecule has 0 aromatic heterocycles. The van der Waals surface area contributed by atoms with E-state index in [0.717, 1.165) is 30.8 Å². The van der Waals surface area contributed by atoms with Crippen LogP contribution in [0.15, 0.2) is 48.5 Å². The maximum absolute atomic E-state index is 10.1. The third kappa shape index (κ3) is 7.16. The molecule has 4 nitrogen and oxygen atoms in total. The molecule has 4 heteroatoms. The van der Waals surface area contributed by atoms with Crippen molar-refractivity contribution in [2.45, 2.75) is 45.9 Å². The zero-order chi connectivity index (χ0) is 18.8. The SMILES string of the molecule is Cc1ccccc1CNCCC(C)NCC(O)COc1ccccc1C. The van der Waals surface area contributed by atoms with Crippen LogP contribution in [0.25, 0.3) is 0 Å². The quantitative estimate of drug-likeness (QED) is 0.541. The second kappa shape index (κ2) is 11.0. The van der Waals surface area contributed by atoms with E-state index in [1.165, 1.54) is 11.1 Å². The molecular weight excluding hydrogens is 324 g/mol. The second-order valence-corrected chi connectivity index (χ2v) is 6.93. The molecule has 26 heavy (non-hydrogen) atoms. The molecule has 3 N–H and O–H groups in total. The first-order valence-corrected chi connectivity index (χ1v) is 9.41. The molecule has 2 rings (SSSR count). The van der Waals surface area contributed by atoms with Crippen LogP contribution in [-0.2, 0) is 6.54 Å². The van der Waals surface area contributed by atoms with Gasteiger partial charge in [-0.15, -0.1) is 0 Å². The zero-order valence-electron chi connectivity index (χ0n) is 16.2. The summed E-state index contributed by atoms with van der Waals surface area (Å²) in [5.74, 6) is 0.833. The Morgan fingerprint density at radius 2 is 1.69 bits per heavy atom. The largest absolute Gasteiger partial charge is 0.491 e. The zero-order valence-corrected chi connectivity index (χ0v) is 16.2. The molecule has 2 aromatic rings. The molecule has 0 heterocycles. The molecule has 142 valence electrons. The van der Waals surface area contributed by atoms with Gasteiger partial charge in [-0.05, 0) is 56.5 Å². The van der Waals surface area contributed by atoms with Gasteiger partial charge in [0.25, 0.3) is 0 Å². The number of hydrogen-bond donors (Lipinski definition) is 3. The number of nitrogens with one attached hydrogen (secondary N) is 2. The van der Waals surface area contributed by atoms with E-state index in [-0.39, 0.29) is 0 Å².